The molecular formula is C22H43ClO8. The fourth-order valence-electron chi connectivity index (χ4n) is 2.28. The monoisotopic (exact) mass is 470 g/mol. The summed E-state index contributed by atoms with van der Waals surface area (Å²) in [4.78, 5) is 11.4. The largest absolute Gasteiger partial charge is 0.458 e. The van der Waals surface area contributed by atoms with Crippen molar-refractivity contribution >= 4 is 17.6 Å². The molecule has 0 unspecified atom stereocenters. The Morgan fingerprint density at radius 2 is 0.968 bits per heavy atom. The zero-order valence-corrected chi connectivity index (χ0v) is 20.4. The summed E-state index contributed by atoms with van der Waals surface area (Å²) in [6, 6.07) is 0. The van der Waals surface area contributed by atoms with E-state index in [1.165, 1.54) is 12.8 Å². The van der Waals surface area contributed by atoms with Gasteiger partial charge in [-0.2, -0.15) is 0 Å². The molecule has 0 fully saturated rings. The third kappa shape index (κ3) is 27.5. The molecule has 0 aromatic carbocycles. The topological polar surface area (TPSA) is 81.7 Å². The van der Waals surface area contributed by atoms with E-state index >= 15 is 0 Å². The van der Waals surface area contributed by atoms with Crippen molar-refractivity contribution in [3.05, 3.63) is 0 Å². The highest BCUT2D eigenvalue weighted by atomic mass is 35.5. The zero-order valence-electron chi connectivity index (χ0n) is 19.7. The van der Waals surface area contributed by atoms with Crippen LogP contribution in [0.25, 0.3) is 0 Å². The standard InChI is InChI=1S/C22H43ClO8/c1-22(2,3)31-21(24)20-30-19-18-29-17-16-28-15-14-27-13-12-26-11-10-25-9-7-5-4-6-8-23/h4-20H2,1-3H3. The van der Waals surface area contributed by atoms with Crippen LogP contribution in [0.15, 0.2) is 0 Å². The SMILES string of the molecule is CC(C)(C)OC(=O)COCCOCCOCCOCCOCCOCCCCCCCl. The highest BCUT2D eigenvalue weighted by Crippen LogP contribution is 2.06. The second-order valence-electron chi connectivity index (χ2n) is 7.80. The van der Waals surface area contributed by atoms with Crippen molar-refractivity contribution in [2.75, 3.05) is 85.2 Å². The smallest absolute Gasteiger partial charge is 0.332 e. The van der Waals surface area contributed by atoms with E-state index in [2.05, 4.69) is 0 Å². The quantitative estimate of drug-likeness (QED) is 0.128. The highest BCUT2D eigenvalue weighted by Gasteiger charge is 2.15. The minimum Gasteiger partial charge on any atom is -0.458 e. The van der Waals surface area contributed by atoms with Crippen molar-refractivity contribution in [3.8, 4) is 0 Å². The van der Waals surface area contributed by atoms with Gasteiger partial charge in [0.2, 0.25) is 0 Å². The lowest BCUT2D eigenvalue weighted by Gasteiger charge is -2.19. The summed E-state index contributed by atoms with van der Waals surface area (Å²) >= 11 is 5.63. The molecule has 0 bridgehead atoms. The Bertz CT molecular complexity index is 390. The summed E-state index contributed by atoms with van der Waals surface area (Å²) < 4.78 is 37.5. The van der Waals surface area contributed by atoms with Crippen molar-refractivity contribution in [1.82, 2.24) is 0 Å². The first-order valence-corrected chi connectivity index (χ1v) is 11.7. The molecule has 0 aromatic rings. The molecule has 31 heavy (non-hydrogen) atoms. The molecule has 0 aliphatic heterocycles. The Kier molecular flexibility index (Phi) is 22.4. The maximum absolute atomic E-state index is 11.4. The van der Waals surface area contributed by atoms with Crippen molar-refractivity contribution in [2.24, 2.45) is 0 Å². The van der Waals surface area contributed by atoms with Gasteiger partial charge in [-0.3, -0.25) is 0 Å². The van der Waals surface area contributed by atoms with E-state index in [-0.39, 0.29) is 12.6 Å². The molecule has 0 spiro atoms. The van der Waals surface area contributed by atoms with E-state index in [0.717, 1.165) is 25.3 Å². The van der Waals surface area contributed by atoms with Crippen LogP contribution in [0.2, 0.25) is 0 Å². The maximum atomic E-state index is 11.4. The minimum absolute atomic E-state index is 0.0688. The minimum atomic E-state index is -0.496. The second kappa shape index (κ2) is 22.7. The Hall–Kier alpha value is -0.480. The van der Waals surface area contributed by atoms with Crippen LogP contribution in [0.5, 0.6) is 0 Å². The van der Waals surface area contributed by atoms with E-state index < -0.39 is 5.60 Å². The average Bonchev–Trinajstić information content (AvgIpc) is 2.70. The molecule has 0 atom stereocenters. The third-order valence-corrected chi connectivity index (χ3v) is 3.94. The molecule has 0 amide bonds. The van der Waals surface area contributed by atoms with Gasteiger partial charge < -0.3 is 33.2 Å². The van der Waals surface area contributed by atoms with E-state index in [0.29, 0.717) is 66.1 Å². The average molecular weight is 471 g/mol. The number of hydrogen-bond acceptors (Lipinski definition) is 8. The summed E-state index contributed by atoms with van der Waals surface area (Å²) in [6.07, 6.45) is 4.49. The molecular weight excluding hydrogens is 428 g/mol. The van der Waals surface area contributed by atoms with Gasteiger partial charge >= 0.3 is 5.97 Å². The predicted octanol–water partition coefficient (Wildman–Crippen LogP) is 3.23. The van der Waals surface area contributed by atoms with Gasteiger partial charge in [-0.1, -0.05) is 12.8 Å². The Morgan fingerprint density at radius 1 is 0.581 bits per heavy atom. The van der Waals surface area contributed by atoms with Crippen molar-refractivity contribution in [2.45, 2.75) is 52.1 Å². The van der Waals surface area contributed by atoms with Crippen LogP contribution < -0.4 is 0 Å². The van der Waals surface area contributed by atoms with E-state index in [4.69, 9.17) is 44.8 Å². The van der Waals surface area contributed by atoms with Crippen LogP contribution >= 0.6 is 11.6 Å². The summed E-state index contributed by atoms with van der Waals surface area (Å²) in [5.74, 6) is 0.367. The number of esters is 1. The Morgan fingerprint density at radius 3 is 1.39 bits per heavy atom. The van der Waals surface area contributed by atoms with Crippen LogP contribution in [-0.2, 0) is 38.0 Å². The number of alkyl halides is 1. The molecule has 0 aliphatic rings. The summed E-state index contributed by atoms with van der Waals surface area (Å²) in [6.45, 7) is 11.1. The summed E-state index contributed by atoms with van der Waals surface area (Å²) in [7, 11) is 0. The number of rotatable bonds is 23. The van der Waals surface area contributed by atoms with Gasteiger partial charge in [0.05, 0.1) is 66.1 Å². The van der Waals surface area contributed by atoms with Crippen LogP contribution in [0, 0.1) is 0 Å². The van der Waals surface area contributed by atoms with Gasteiger partial charge in [-0.25, -0.2) is 4.79 Å². The molecule has 0 N–H and O–H groups in total. The number of halogens is 1. The van der Waals surface area contributed by atoms with Crippen LogP contribution in [-0.4, -0.2) is 96.7 Å². The molecule has 186 valence electrons. The number of ether oxygens (including phenoxy) is 7. The molecule has 0 saturated carbocycles. The summed E-state index contributed by atoms with van der Waals surface area (Å²) in [5, 5.41) is 0. The van der Waals surface area contributed by atoms with Crippen LogP contribution in [0.4, 0.5) is 0 Å². The molecule has 8 nitrogen and oxygen atoms in total. The molecule has 0 rings (SSSR count). The predicted molar refractivity (Wildman–Crippen MR) is 120 cm³/mol. The lowest BCUT2D eigenvalue weighted by atomic mass is 10.2. The van der Waals surface area contributed by atoms with Crippen molar-refractivity contribution < 1.29 is 38.0 Å². The molecule has 0 radical (unpaired) electrons. The van der Waals surface area contributed by atoms with Gasteiger partial charge in [0.1, 0.15) is 12.2 Å². The number of carbonyl (C=O) groups excluding carboxylic acids is 1. The first-order valence-electron chi connectivity index (χ1n) is 11.2. The van der Waals surface area contributed by atoms with Gasteiger partial charge in [0.25, 0.3) is 0 Å². The van der Waals surface area contributed by atoms with E-state index in [9.17, 15) is 4.79 Å². The van der Waals surface area contributed by atoms with Gasteiger partial charge in [0.15, 0.2) is 0 Å². The van der Waals surface area contributed by atoms with Crippen molar-refractivity contribution in [3.63, 3.8) is 0 Å². The van der Waals surface area contributed by atoms with Gasteiger partial charge in [0, 0.05) is 12.5 Å². The fourth-order valence-corrected chi connectivity index (χ4v) is 2.47. The molecule has 0 aliphatic carbocycles. The molecule has 0 saturated heterocycles. The highest BCUT2D eigenvalue weighted by molar-refractivity contribution is 6.17. The van der Waals surface area contributed by atoms with Crippen LogP contribution in [0.1, 0.15) is 46.5 Å². The Balaban J connectivity index is 3.10. The first kappa shape index (κ1) is 30.5. The van der Waals surface area contributed by atoms with Gasteiger partial charge in [-0.15, -0.1) is 11.6 Å². The fraction of sp³-hybridized carbons (Fsp3) is 0.955. The van der Waals surface area contributed by atoms with E-state index in [1.54, 1.807) is 0 Å². The van der Waals surface area contributed by atoms with Crippen LogP contribution in [0.3, 0.4) is 0 Å². The normalized spacial score (nSPS) is 11.7. The van der Waals surface area contributed by atoms with Crippen molar-refractivity contribution in [1.29, 1.82) is 0 Å². The molecule has 0 aromatic heterocycles. The molecule has 0 heterocycles. The maximum Gasteiger partial charge on any atom is 0.332 e. The second-order valence-corrected chi connectivity index (χ2v) is 8.18. The number of carbonyl (C=O) groups is 1. The first-order chi connectivity index (χ1) is 15.0. The van der Waals surface area contributed by atoms with E-state index in [1.807, 2.05) is 20.8 Å². The lowest BCUT2D eigenvalue weighted by Crippen LogP contribution is -2.27. The summed E-state index contributed by atoms with van der Waals surface area (Å²) in [5.41, 5.74) is -0.496. The Labute approximate surface area is 193 Å². The number of hydrogen-bond donors (Lipinski definition) is 0. The number of unbranched alkanes of at least 4 members (excludes halogenated alkanes) is 3. The lowest BCUT2D eigenvalue weighted by molar-refractivity contribution is -0.160. The third-order valence-electron chi connectivity index (χ3n) is 3.67. The van der Waals surface area contributed by atoms with Gasteiger partial charge in [-0.05, 0) is 33.6 Å². The molecule has 9 heteroatoms. The zero-order chi connectivity index (χ0) is 23.0.